The summed E-state index contributed by atoms with van der Waals surface area (Å²) in [5.41, 5.74) is 6.47. The molecule has 158 valence electrons. The van der Waals surface area contributed by atoms with E-state index in [2.05, 4.69) is 5.32 Å². The fourth-order valence-electron chi connectivity index (χ4n) is 2.05. The molecule has 0 aliphatic carbocycles. The van der Waals surface area contributed by atoms with Crippen molar-refractivity contribution in [1.29, 1.82) is 0 Å². The largest absolute Gasteiger partial charge is 0.447 e. The van der Waals surface area contributed by atoms with E-state index in [-0.39, 0.29) is 24.9 Å². The Bertz CT molecular complexity index is 567. The smallest absolute Gasteiger partial charge is 0.407 e. The van der Waals surface area contributed by atoms with E-state index in [0.29, 0.717) is 46.0 Å². The molecule has 3 N–H and O–H groups in total. The van der Waals surface area contributed by atoms with E-state index in [1.54, 1.807) is 12.1 Å². The molecular formula is C18H29N3O7. The fourth-order valence-corrected chi connectivity index (χ4v) is 2.05. The number of hydrogen-bond acceptors (Lipinski definition) is 8. The summed E-state index contributed by atoms with van der Waals surface area (Å²) < 4.78 is 20.8. The van der Waals surface area contributed by atoms with Crippen LogP contribution in [0.2, 0.25) is 0 Å². The van der Waals surface area contributed by atoms with Crippen LogP contribution in [-0.4, -0.2) is 69.9 Å². The maximum Gasteiger partial charge on any atom is 0.407 e. The maximum absolute atomic E-state index is 11.5. The van der Waals surface area contributed by atoms with Crippen LogP contribution in [-0.2, 0) is 25.4 Å². The molecule has 1 amide bonds. The van der Waals surface area contributed by atoms with E-state index >= 15 is 0 Å². The molecule has 0 heterocycles. The van der Waals surface area contributed by atoms with Crippen molar-refractivity contribution in [2.75, 3.05) is 52.8 Å². The van der Waals surface area contributed by atoms with E-state index in [0.717, 1.165) is 5.56 Å². The van der Waals surface area contributed by atoms with Gasteiger partial charge in [0, 0.05) is 24.7 Å². The second-order valence-electron chi connectivity index (χ2n) is 6.01. The highest BCUT2D eigenvalue weighted by Crippen LogP contribution is 2.11. The van der Waals surface area contributed by atoms with Gasteiger partial charge in [0.05, 0.1) is 44.6 Å². The summed E-state index contributed by atoms with van der Waals surface area (Å²) in [6.45, 7) is 4.97. The van der Waals surface area contributed by atoms with Crippen molar-refractivity contribution in [2.45, 2.75) is 19.4 Å². The molecule has 10 nitrogen and oxygen atoms in total. The lowest BCUT2D eigenvalue weighted by atomic mass is 10.1. The van der Waals surface area contributed by atoms with Crippen molar-refractivity contribution in [2.24, 2.45) is 5.73 Å². The van der Waals surface area contributed by atoms with Gasteiger partial charge in [0.1, 0.15) is 6.61 Å². The van der Waals surface area contributed by atoms with Crippen LogP contribution in [0.4, 0.5) is 10.5 Å². The number of nitrogens with zero attached hydrogens (tertiary/aromatic N) is 1. The average Bonchev–Trinajstić information content (AvgIpc) is 2.66. The molecule has 0 aliphatic heterocycles. The summed E-state index contributed by atoms with van der Waals surface area (Å²) in [4.78, 5) is 21.7. The number of nitro benzene ring substituents is 1. The number of alkyl carbamates (subject to hydrolysis) is 1. The zero-order valence-corrected chi connectivity index (χ0v) is 16.1. The fraction of sp³-hybridized carbons (Fsp3) is 0.611. The SMILES string of the molecule is CC(N)COCCOCCOCCOC(=O)NCCc1ccc([N+](=O)[O-])cc1. The first-order chi connectivity index (χ1) is 13.5. The Morgan fingerprint density at radius 1 is 1.07 bits per heavy atom. The third-order valence-corrected chi connectivity index (χ3v) is 3.42. The van der Waals surface area contributed by atoms with E-state index in [4.69, 9.17) is 24.7 Å². The number of rotatable bonds is 15. The van der Waals surface area contributed by atoms with Crippen LogP contribution in [0.15, 0.2) is 24.3 Å². The Morgan fingerprint density at radius 3 is 2.21 bits per heavy atom. The van der Waals surface area contributed by atoms with Gasteiger partial charge in [-0.05, 0) is 18.9 Å². The van der Waals surface area contributed by atoms with Crippen molar-refractivity contribution >= 4 is 11.8 Å². The van der Waals surface area contributed by atoms with E-state index < -0.39 is 11.0 Å². The number of amides is 1. The molecule has 0 saturated carbocycles. The number of carbonyl (C=O) groups excluding carboxylic acids is 1. The van der Waals surface area contributed by atoms with Gasteiger partial charge < -0.3 is 30.0 Å². The van der Waals surface area contributed by atoms with Crippen LogP contribution in [0.25, 0.3) is 0 Å². The van der Waals surface area contributed by atoms with Crippen LogP contribution in [0.1, 0.15) is 12.5 Å². The van der Waals surface area contributed by atoms with Gasteiger partial charge in [-0.2, -0.15) is 0 Å². The van der Waals surface area contributed by atoms with Crippen LogP contribution in [0, 0.1) is 10.1 Å². The first kappa shape index (κ1) is 23.8. The Morgan fingerprint density at radius 2 is 1.64 bits per heavy atom. The molecule has 0 radical (unpaired) electrons. The molecule has 1 aromatic carbocycles. The predicted molar refractivity (Wildman–Crippen MR) is 102 cm³/mol. The maximum atomic E-state index is 11.5. The molecule has 1 rings (SSSR count). The number of non-ortho nitro benzene ring substituents is 1. The lowest BCUT2D eigenvalue weighted by Gasteiger charge is -2.09. The summed E-state index contributed by atoms with van der Waals surface area (Å²) in [6.07, 6.45) is 0.0162. The molecule has 0 spiro atoms. The third kappa shape index (κ3) is 12.2. The van der Waals surface area contributed by atoms with Crippen molar-refractivity contribution in [1.82, 2.24) is 5.32 Å². The Kier molecular flexibility index (Phi) is 12.5. The minimum absolute atomic E-state index is 0.0165. The lowest BCUT2D eigenvalue weighted by Crippen LogP contribution is -2.27. The molecule has 0 saturated heterocycles. The summed E-state index contributed by atoms with van der Waals surface area (Å²) in [5.74, 6) is 0. The summed E-state index contributed by atoms with van der Waals surface area (Å²) in [7, 11) is 0. The summed E-state index contributed by atoms with van der Waals surface area (Å²) in [6, 6.07) is 6.20. The highest BCUT2D eigenvalue weighted by Gasteiger charge is 2.05. The van der Waals surface area contributed by atoms with Gasteiger partial charge in [-0.15, -0.1) is 0 Å². The highest BCUT2D eigenvalue weighted by molar-refractivity contribution is 5.67. The van der Waals surface area contributed by atoms with Crippen LogP contribution >= 0.6 is 0 Å². The first-order valence-corrected chi connectivity index (χ1v) is 9.12. The first-order valence-electron chi connectivity index (χ1n) is 9.12. The number of ether oxygens (including phenoxy) is 4. The topological polar surface area (TPSA) is 135 Å². The van der Waals surface area contributed by atoms with Gasteiger partial charge in [-0.3, -0.25) is 10.1 Å². The molecule has 0 aromatic heterocycles. The minimum atomic E-state index is -0.534. The van der Waals surface area contributed by atoms with Gasteiger partial charge in [-0.25, -0.2) is 4.79 Å². The number of nitro groups is 1. The van der Waals surface area contributed by atoms with E-state index in [1.165, 1.54) is 12.1 Å². The Balaban J connectivity index is 1.92. The quantitative estimate of drug-likeness (QED) is 0.256. The second kappa shape index (κ2) is 14.7. The summed E-state index contributed by atoms with van der Waals surface area (Å²) in [5, 5.41) is 13.2. The molecule has 1 aromatic rings. The van der Waals surface area contributed by atoms with Gasteiger partial charge in [-0.1, -0.05) is 12.1 Å². The molecule has 0 fully saturated rings. The number of benzene rings is 1. The molecule has 0 bridgehead atoms. The molecule has 0 aliphatic rings. The molecule has 1 atom stereocenters. The normalized spacial score (nSPS) is 11.8. The molecule has 28 heavy (non-hydrogen) atoms. The second-order valence-corrected chi connectivity index (χ2v) is 6.01. The van der Waals surface area contributed by atoms with Crippen molar-refractivity contribution in [3.05, 3.63) is 39.9 Å². The van der Waals surface area contributed by atoms with Crippen LogP contribution in [0.5, 0.6) is 0 Å². The number of carbonyl (C=O) groups is 1. The third-order valence-electron chi connectivity index (χ3n) is 3.42. The zero-order valence-electron chi connectivity index (χ0n) is 16.1. The van der Waals surface area contributed by atoms with Gasteiger partial charge in [0.25, 0.3) is 5.69 Å². The molecular weight excluding hydrogens is 370 g/mol. The van der Waals surface area contributed by atoms with Gasteiger partial charge in [0.15, 0.2) is 0 Å². The molecule has 10 heteroatoms. The number of hydrogen-bond donors (Lipinski definition) is 2. The van der Waals surface area contributed by atoms with Crippen molar-refractivity contribution in [3.63, 3.8) is 0 Å². The zero-order chi connectivity index (χ0) is 20.6. The molecule has 1 unspecified atom stereocenters. The predicted octanol–water partition coefficient (Wildman–Crippen LogP) is 1.26. The van der Waals surface area contributed by atoms with Crippen LogP contribution in [0.3, 0.4) is 0 Å². The monoisotopic (exact) mass is 399 g/mol. The Hall–Kier alpha value is -2.27. The standard InChI is InChI=1S/C18H29N3O7/c1-15(19)14-27-11-10-25-8-9-26-12-13-28-18(22)20-7-6-16-2-4-17(5-3-16)21(23)24/h2-5,15H,6-14,19H2,1H3,(H,20,22). The average molecular weight is 399 g/mol. The van der Waals surface area contributed by atoms with E-state index in [1.807, 2.05) is 6.92 Å². The van der Waals surface area contributed by atoms with Crippen molar-refractivity contribution in [3.8, 4) is 0 Å². The lowest BCUT2D eigenvalue weighted by molar-refractivity contribution is -0.384. The van der Waals surface area contributed by atoms with Gasteiger partial charge in [0.2, 0.25) is 0 Å². The highest BCUT2D eigenvalue weighted by atomic mass is 16.6. The van der Waals surface area contributed by atoms with E-state index in [9.17, 15) is 14.9 Å². The minimum Gasteiger partial charge on any atom is -0.447 e. The Labute approximate surface area is 164 Å². The number of nitrogens with one attached hydrogen (secondary N) is 1. The number of nitrogens with two attached hydrogens (primary N) is 1. The summed E-state index contributed by atoms with van der Waals surface area (Å²) >= 11 is 0. The van der Waals surface area contributed by atoms with Gasteiger partial charge >= 0.3 is 6.09 Å². The van der Waals surface area contributed by atoms with Crippen molar-refractivity contribution < 1.29 is 28.7 Å². The van der Waals surface area contributed by atoms with Crippen LogP contribution < -0.4 is 11.1 Å².